The number of rotatable bonds is 4. The molecule has 4 rings (SSSR count). The average molecular weight is 390 g/mol. The van der Waals surface area contributed by atoms with Gasteiger partial charge < -0.3 is 4.52 Å². The van der Waals surface area contributed by atoms with E-state index in [0.717, 1.165) is 48.1 Å². The first kappa shape index (κ1) is 19.4. The summed E-state index contributed by atoms with van der Waals surface area (Å²) < 4.78 is 7.60. The van der Waals surface area contributed by atoms with Gasteiger partial charge in [0.25, 0.3) is 5.89 Å². The number of hydrogen-bond donors (Lipinski definition) is 0. The first-order valence-corrected chi connectivity index (χ1v) is 10.2. The van der Waals surface area contributed by atoms with Crippen molar-refractivity contribution in [2.45, 2.75) is 59.8 Å². The SMILES string of the molecule is Cc1cc(-c2noc(-c3nn(C)c4c3CCC(C)(C)C4)n2)cc(C)c1CCC#N. The van der Waals surface area contributed by atoms with Gasteiger partial charge >= 0.3 is 0 Å². The third-order valence-corrected chi connectivity index (χ3v) is 6.04. The molecule has 0 fully saturated rings. The van der Waals surface area contributed by atoms with E-state index < -0.39 is 0 Å². The molecule has 0 unspecified atom stereocenters. The van der Waals surface area contributed by atoms with E-state index in [-0.39, 0.29) is 0 Å². The molecule has 1 aliphatic rings. The van der Waals surface area contributed by atoms with Crippen LogP contribution < -0.4 is 0 Å². The molecule has 3 aromatic rings. The highest BCUT2D eigenvalue weighted by Gasteiger charge is 2.32. The summed E-state index contributed by atoms with van der Waals surface area (Å²) in [6, 6.07) is 6.37. The van der Waals surface area contributed by atoms with E-state index in [9.17, 15) is 0 Å². The zero-order chi connectivity index (χ0) is 20.8. The van der Waals surface area contributed by atoms with Gasteiger partial charge in [-0.3, -0.25) is 4.68 Å². The van der Waals surface area contributed by atoms with E-state index in [0.29, 0.717) is 23.6 Å². The molecule has 0 spiro atoms. The highest BCUT2D eigenvalue weighted by Crippen LogP contribution is 2.38. The summed E-state index contributed by atoms with van der Waals surface area (Å²) in [5.74, 6) is 1.06. The molecule has 6 heteroatoms. The molecule has 1 aliphatic carbocycles. The molecule has 6 nitrogen and oxygen atoms in total. The number of aryl methyl sites for hydroxylation is 3. The van der Waals surface area contributed by atoms with Crippen molar-refractivity contribution in [3.8, 4) is 29.0 Å². The molecule has 29 heavy (non-hydrogen) atoms. The Balaban J connectivity index is 1.68. The van der Waals surface area contributed by atoms with E-state index in [1.807, 2.05) is 11.7 Å². The first-order valence-electron chi connectivity index (χ1n) is 10.2. The van der Waals surface area contributed by atoms with Crippen LogP contribution in [0.4, 0.5) is 0 Å². The molecule has 0 radical (unpaired) electrons. The predicted octanol–water partition coefficient (Wildman–Crippen LogP) is 4.73. The second kappa shape index (κ2) is 7.14. The van der Waals surface area contributed by atoms with Crippen LogP contribution in [0.3, 0.4) is 0 Å². The third-order valence-electron chi connectivity index (χ3n) is 6.04. The average Bonchev–Trinajstić information content (AvgIpc) is 3.25. The Kier molecular flexibility index (Phi) is 4.77. The largest absolute Gasteiger partial charge is 0.332 e. The molecule has 1 aromatic carbocycles. The van der Waals surface area contributed by atoms with E-state index in [1.165, 1.54) is 16.8 Å². The maximum absolute atomic E-state index is 8.88. The van der Waals surface area contributed by atoms with Gasteiger partial charge in [-0.05, 0) is 73.8 Å². The molecule has 0 saturated heterocycles. The lowest BCUT2D eigenvalue weighted by molar-refractivity contribution is 0.306. The third kappa shape index (κ3) is 3.57. The highest BCUT2D eigenvalue weighted by molar-refractivity contribution is 5.63. The summed E-state index contributed by atoms with van der Waals surface area (Å²) >= 11 is 0. The van der Waals surface area contributed by atoms with Gasteiger partial charge in [-0.2, -0.15) is 15.3 Å². The molecule has 2 aromatic heterocycles. The summed E-state index contributed by atoms with van der Waals surface area (Å²) in [6.07, 6.45) is 4.41. The van der Waals surface area contributed by atoms with Crippen molar-refractivity contribution < 1.29 is 4.52 Å². The Morgan fingerprint density at radius 3 is 2.66 bits per heavy atom. The normalized spacial score (nSPS) is 15.2. The number of hydrogen-bond acceptors (Lipinski definition) is 5. The fraction of sp³-hybridized carbons (Fsp3) is 0.478. The Labute approximate surface area is 171 Å². The zero-order valence-corrected chi connectivity index (χ0v) is 17.8. The summed E-state index contributed by atoms with van der Waals surface area (Å²) in [6.45, 7) is 8.75. The number of benzene rings is 1. The molecular weight excluding hydrogens is 362 g/mol. The van der Waals surface area contributed by atoms with Crippen LogP contribution in [0.5, 0.6) is 0 Å². The summed E-state index contributed by atoms with van der Waals surface area (Å²) in [5.41, 5.74) is 8.07. The number of fused-ring (bicyclic) bond motifs is 1. The maximum atomic E-state index is 8.88. The lowest BCUT2D eigenvalue weighted by Crippen LogP contribution is -2.23. The van der Waals surface area contributed by atoms with E-state index in [4.69, 9.17) is 14.9 Å². The zero-order valence-electron chi connectivity index (χ0n) is 17.8. The van der Waals surface area contributed by atoms with Gasteiger partial charge in [-0.1, -0.05) is 19.0 Å². The van der Waals surface area contributed by atoms with Crippen LogP contribution >= 0.6 is 0 Å². The summed E-state index contributed by atoms with van der Waals surface area (Å²) in [7, 11) is 1.99. The molecule has 0 atom stereocenters. The fourth-order valence-electron chi connectivity index (χ4n) is 4.40. The van der Waals surface area contributed by atoms with Gasteiger partial charge in [0.2, 0.25) is 5.82 Å². The van der Waals surface area contributed by atoms with Gasteiger partial charge in [-0.15, -0.1) is 0 Å². The van der Waals surface area contributed by atoms with Crippen LogP contribution in [-0.4, -0.2) is 19.9 Å². The van der Waals surface area contributed by atoms with Crippen LogP contribution in [0.25, 0.3) is 23.0 Å². The van der Waals surface area contributed by atoms with Crippen molar-refractivity contribution in [3.63, 3.8) is 0 Å². The van der Waals surface area contributed by atoms with Crippen molar-refractivity contribution >= 4 is 0 Å². The van der Waals surface area contributed by atoms with Crippen LogP contribution in [0, 0.1) is 30.6 Å². The quantitative estimate of drug-likeness (QED) is 0.645. The highest BCUT2D eigenvalue weighted by atomic mass is 16.5. The van der Waals surface area contributed by atoms with Gasteiger partial charge in [0, 0.05) is 30.3 Å². The van der Waals surface area contributed by atoms with Crippen LogP contribution in [0.2, 0.25) is 0 Å². The van der Waals surface area contributed by atoms with Crippen LogP contribution in [0.1, 0.15) is 54.6 Å². The Morgan fingerprint density at radius 2 is 1.97 bits per heavy atom. The molecular formula is C23H27N5O. The van der Waals surface area contributed by atoms with Crippen molar-refractivity contribution in [1.29, 1.82) is 5.26 Å². The predicted molar refractivity (Wildman–Crippen MR) is 111 cm³/mol. The van der Waals surface area contributed by atoms with Gasteiger partial charge in [0.05, 0.1) is 6.07 Å². The molecule has 0 amide bonds. The van der Waals surface area contributed by atoms with Crippen molar-refractivity contribution in [2.75, 3.05) is 0 Å². The van der Waals surface area contributed by atoms with Gasteiger partial charge in [-0.25, -0.2) is 0 Å². The second-order valence-electron chi connectivity index (χ2n) is 8.91. The van der Waals surface area contributed by atoms with Gasteiger partial charge in [0.1, 0.15) is 0 Å². The molecule has 0 aliphatic heterocycles. The monoisotopic (exact) mass is 389 g/mol. The second-order valence-corrected chi connectivity index (χ2v) is 8.91. The van der Waals surface area contributed by atoms with Crippen molar-refractivity contribution in [2.24, 2.45) is 12.5 Å². The van der Waals surface area contributed by atoms with E-state index in [1.54, 1.807) is 0 Å². The smallest absolute Gasteiger partial charge is 0.279 e. The van der Waals surface area contributed by atoms with Crippen molar-refractivity contribution in [1.82, 2.24) is 19.9 Å². The Hall–Kier alpha value is -2.94. The lowest BCUT2D eigenvalue weighted by atomic mass is 9.76. The summed E-state index contributed by atoms with van der Waals surface area (Å²) in [5, 5.41) is 17.8. The van der Waals surface area contributed by atoms with Crippen LogP contribution in [0.15, 0.2) is 16.7 Å². The van der Waals surface area contributed by atoms with Gasteiger partial charge in [0.15, 0.2) is 5.69 Å². The maximum Gasteiger partial charge on any atom is 0.279 e. The summed E-state index contributed by atoms with van der Waals surface area (Å²) in [4.78, 5) is 4.68. The number of nitriles is 1. The Bertz CT molecular complexity index is 1090. The minimum Gasteiger partial charge on any atom is -0.332 e. The molecule has 0 bridgehead atoms. The lowest BCUT2D eigenvalue weighted by Gasteiger charge is -2.29. The van der Waals surface area contributed by atoms with Crippen LogP contribution in [-0.2, 0) is 26.3 Å². The fourth-order valence-corrected chi connectivity index (χ4v) is 4.40. The minimum absolute atomic E-state index is 0.292. The van der Waals surface area contributed by atoms with Crippen molar-refractivity contribution in [3.05, 3.63) is 40.1 Å². The Morgan fingerprint density at radius 1 is 1.24 bits per heavy atom. The molecule has 150 valence electrons. The molecule has 0 saturated carbocycles. The molecule has 2 heterocycles. The first-order chi connectivity index (χ1) is 13.8. The minimum atomic E-state index is 0.292. The van der Waals surface area contributed by atoms with E-state index in [2.05, 4.69) is 56.0 Å². The standard InChI is InChI=1S/C23H27N5O/c1-14-11-16(12-15(2)17(14)7-6-10-24)21-25-22(29-27-21)20-18-8-9-23(3,4)13-19(18)28(5)26-20/h11-12H,6-9,13H2,1-5H3. The van der Waals surface area contributed by atoms with E-state index >= 15 is 0 Å². The molecule has 0 N–H and O–H groups in total. The number of nitrogens with zero attached hydrogens (tertiary/aromatic N) is 5. The topological polar surface area (TPSA) is 80.5 Å². The number of aromatic nitrogens is 4.